The lowest BCUT2D eigenvalue weighted by Gasteiger charge is -2.34. The number of aryl methyl sites for hydroxylation is 1. The van der Waals surface area contributed by atoms with Crippen molar-refractivity contribution in [2.24, 2.45) is 5.73 Å². The van der Waals surface area contributed by atoms with Gasteiger partial charge < -0.3 is 15.5 Å². The first kappa shape index (κ1) is 23.7. The molecule has 1 atom stereocenters. The highest BCUT2D eigenvalue weighted by Gasteiger charge is 2.27. The van der Waals surface area contributed by atoms with Crippen LogP contribution in [-0.4, -0.2) is 36.5 Å². The van der Waals surface area contributed by atoms with Gasteiger partial charge in [0.15, 0.2) is 0 Å². The number of benzene rings is 2. The van der Waals surface area contributed by atoms with Gasteiger partial charge >= 0.3 is 0 Å². The van der Waals surface area contributed by atoms with Crippen LogP contribution in [0.2, 0.25) is 0 Å². The first-order valence-electron chi connectivity index (χ1n) is 12.0. The molecule has 176 valence electrons. The zero-order valence-electron chi connectivity index (χ0n) is 19.6. The molecule has 4 rings (SSSR count). The monoisotopic (exact) mass is 458 g/mol. The highest BCUT2D eigenvalue weighted by Crippen LogP contribution is 2.32. The van der Waals surface area contributed by atoms with Gasteiger partial charge in [-0.15, -0.1) is 0 Å². The number of anilines is 1. The molecule has 0 aliphatic carbocycles. The van der Waals surface area contributed by atoms with Gasteiger partial charge in [-0.2, -0.15) is 5.26 Å². The van der Waals surface area contributed by atoms with E-state index in [-0.39, 0.29) is 17.5 Å². The minimum absolute atomic E-state index is 0.000633. The fourth-order valence-corrected chi connectivity index (χ4v) is 4.57. The third kappa shape index (κ3) is 5.21. The lowest BCUT2D eigenvalue weighted by molar-refractivity contribution is -0.127. The van der Waals surface area contributed by atoms with E-state index in [4.69, 9.17) is 11.0 Å². The number of piperidine rings is 1. The number of carbonyl (C=O) groups is 1. The average molecular weight is 459 g/mol. The number of hydrogen-bond acceptors (Lipinski definition) is 4. The summed E-state index contributed by atoms with van der Waals surface area (Å²) in [5.41, 5.74) is 10.3. The molecule has 1 amide bonds. The van der Waals surface area contributed by atoms with Crippen LogP contribution in [0.25, 0.3) is 5.70 Å². The van der Waals surface area contributed by atoms with Gasteiger partial charge in [-0.3, -0.25) is 4.79 Å². The van der Waals surface area contributed by atoms with Crippen molar-refractivity contribution in [2.75, 3.05) is 24.5 Å². The zero-order chi connectivity index (χ0) is 24.1. The van der Waals surface area contributed by atoms with E-state index in [1.54, 1.807) is 6.07 Å². The Balaban J connectivity index is 1.67. The van der Waals surface area contributed by atoms with Crippen LogP contribution in [0, 0.1) is 17.1 Å². The average Bonchev–Trinajstić information content (AvgIpc) is 2.87. The van der Waals surface area contributed by atoms with Crippen LogP contribution in [0.1, 0.15) is 49.3 Å². The van der Waals surface area contributed by atoms with Crippen molar-refractivity contribution in [2.45, 2.75) is 45.1 Å². The molecule has 0 spiro atoms. The van der Waals surface area contributed by atoms with E-state index in [9.17, 15) is 9.18 Å². The van der Waals surface area contributed by atoms with E-state index in [1.807, 2.05) is 23.1 Å². The third-order valence-electron chi connectivity index (χ3n) is 6.52. The van der Waals surface area contributed by atoms with Crippen LogP contribution in [0.5, 0.6) is 0 Å². The highest BCUT2D eigenvalue weighted by molar-refractivity contribution is 6.00. The molecule has 2 heterocycles. The molecule has 2 aromatic carbocycles. The smallest absolute Gasteiger partial charge is 0.253 e. The molecule has 6 heteroatoms. The summed E-state index contributed by atoms with van der Waals surface area (Å²) < 4.78 is 14.5. The summed E-state index contributed by atoms with van der Waals surface area (Å²) in [6.07, 6.45) is 8.91. The topological polar surface area (TPSA) is 73.4 Å². The lowest BCUT2D eigenvalue weighted by atomic mass is 9.99. The van der Waals surface area contributed by atoms with Crippen molar-refractivity contribution >= 4 is 17.3 Å². The van der Waals surface area contributed by atoms with Crippen molar-refractivity contribution < 1.29 is 9.18 Å². The van der Waals surface area contributed by atoms with E-state index in [0.717, 1.165) is 43.5 Å². The van der Waals surface area contributed by atoms with Gasteiger partial charge in [-0.25, -0.2) is 4.39 Å². The summed E-state index contributed by atoms with van der Waals surface area (Å²) in [7, 11) is 0. The summed E-state index contributed by atoms with van der Waals surface area (Å²) in [6, 6.07) is 14.9. The standard InChI is InChI=1S/C28H31FN4O/c1-2-3-5-20-7-11-25(12-8-20)33-15-13-22(28(34)32-14-4-6-24(31)19-32)17-27(33)21-9-10-23(18-30)26(29)16-21/h7-13,16-17,24H,2-6,14-15,19,31H2,1H3. The summed E-state index contributed by atoms with van der Waals surface area (Å²) in [5, 5.41) is 9.13. The Labute approximate surface area is 201 Å². The van der Waals surface area contributed by atoms with Crippen molar-refractivity contribution in [3.63, 3.8) is 0 Å². The SMILES string of the molecule is CCCCc1ccc(N2CC=C(C(=O)N3CCCC(N)C3)C=C2c2ccc(C#N)c(F)c2)cc1. The van der Waals surface area contributed by atoms with Gasteiger partial charge in [0.05, 0.1) is 5.56 Å². The van der Waals surface area contributed by atoms with Crippen molar-refractivity contribution in [3.8, 4) is 6.07 Å². The first-order chi connectivity index (χ1) is 16.5. The highest BCUT2D eigenvalue weighted by atomic mass is 19.1. The molecule has 0 saturated carbocycles. The molecule has 0 aromatic heterocycles. The molecular weight excluding hydrogens is 427 g/mol. The van der Waals surface area contributed by atoms with E-state index >= 15 is 0 Å². The van der Waals surface area contributed by atoms with Gasteiger partial charge in [0, 0.05) is 48.2 Å². The van der Waals surface area contributed by atoms with Gasteiger partial charge in [0.1, 0.15) is 11.9 Å². The van der Waals surface area contributed by atoms with Crippen LogP contribution in [0.3, 0.4) is 0 Å². The molecule has 1 fully saturated rings. The van der Waals surface area contributed by atoms with Gasteiger partial charge in [-0.05, 0) is 61.6 Å². The van der Waals surface area contributed by atoms with Crippen molar-refractivity contribution in [1.82, 2.24) is 4.90 Å². The quantitative estimate of drug-likeness (QED) is 0.676. The Morgan fingerprint density at radius 2 is 2.03 bits per heavy atom. The second kappa shape index (κ2) is 10.7. The van der Waals surface area contributed by atoms with Gasteiger partial charge in [0.25, 0.3) is 5.91 Å². The predicted molar refractivity (Wildman–Crippen MR) is 133 cm³/mol. The molecule has 2 N–H and O–H groups in total. The minimum Gasteiger partial charge on any atom is -0.337 e. The molecule has 2 aliphatic heterocycles. The fourth-order valence-electron chi connectivity index (χ4n) is 4.57. The summed E-state index contributed by atoms with van der Waals surface area (Å²) in [4.78, 5) is 17.1. The number of nitrogens with two attached hydrogens (primary N) is 1. The molecule has 2 aromatic rings. The molecular formula is C28H31FN4O. The number of carbonyl (C=O) groups excluding carboxylic acids is 1. The minimum atomic E-state index is -0.569. The second-order valence-electron chi connectivity index (χ2n) is 9.03. The Kier molecular flexibility index (Phi) is 7.44. The largest absolute Gasteiger partial charge is 0.337 e. The van der Waals surface area contributed by atoms with Crippen molar-refractivity contribution in [1.29, 1.82) is 5.26 Å². The lowest BCUT2D eigenvalue weighted by Crippen LogP contribution is -2.46. The molecule has 34 heavy (non-hydrogen) atoms. The Morgan fingerprint density at radius 1 is 1.24 bits per heavy atom. The van der Waals surface area contributed by atoms with Crippen LogP contribution < -0.4 is 10.6 Å². The van der Waals surface area contributed by atoms with Gasteiger partial charge in [0.2, 0.25) is 0 Å². The fraction of sp³-hybridized carbons (Fsp3) is 0.357. The first-order valence-corrected chi connectivity index (χ1v) is 12.0. The Bertz CT molecular complexity index is 1150. The Morgan fingerprint density at radius 3 is 2.71 bits per heavy atom. The van der Waals surface area contributed by atoms with Gasteiger partial charge in [-0.1, -0.05) is 37.6 Å². The molecule has 1 unspecified atom stereocenters. The van der Waals surface area contributed by atoms with Crippen LogP contribution >= 0.6 is 0 Å². The van der Waals surface area contributed by atoms with E-state index in [2.05, 4.69) is 36.1 Å². The molecule has 5 nitrogen and oxygen atoms in total. The predicted octanol–water partition coefficient (Wildman–Crippen LogP) is 4.78. The zero-order valence-corrected chi connectivity index (χ0v) is 19.6. The maximum atomic E-state index is 14.5. The number of nitrogens with zero attached hydrogens (tertiary/aromatic N) is 3. The number of likely N-dealkylation sites (tertiary alicyclic amines) is 1. The van der Waals surface area contributed by atoms with E-state index in [0.29, 0.717) is 30.8 Å². The molecule has 0 radical (unpaired) electrons. The van der Waals surface area contributed by atoms with Crippen LogP contribution in [0.15, 0.2) is 60.2 Å². The molecule has 0 bridgehead atoms. The Hall–Kier alpha value is -3.43. The normalized spacial score (nSPS) is 18.2. The maximum Gasteiger partial charge on any atom is 0.253 e. The maximum absolute atomic E-state index is 14.5. The summed E-state index contributed by atoms with van der Waals surface area (Å²) >= 11 is 0. The van der Waals surface area contributed by atoms with E-state index in [1.165, 1.54) is 17.7 Å². The van der Waals surface area contributed by atoms with Crippen molar-refractivity contribution in [3.05, 3.63) is 82.7 Å². The van der Waals surface area contributed by atoms with Crippen LogP contribution in [0.4, 0.5) is 10.1 Å². The number of unbranched alkanes of at least 4 members (excludes halogenated alkanes) is 1. The summed E-state index contributed by atoms with van der Waals surface area (Å²) in [6.45, 7) is 3.91. The van der Waals surface area contributed by atoms with E-state index < -0.39 is 5.82 Å². The number of amides is 1. The number of rotatable bonds is 6. The third-order valence-corrected chi connectivity index (χ3v) is 6.52. The number of nitriles is 1. The second-order valence-corrected chi connectivity index (χ2v) is 9.03. The number of hydrogen-bond donors (Lipinski definition) is 1. The molecule has 2 aliphatic rings. The summed E-state index contributed by atoms with van der Waals surface area (Å²) in [5.74, 6) is -0.614. The van der Waals surface area contributed by atoms with Crippen LogP contribution in [-0.2, 0) is 11.2 Å². The number of halogens is 1. The molecule has 1 saturated heterocycles.